The lowest BCUT2D eigenvalue weighted by Crippen LogP contribution is -2.46. The highest BCUT2D eigenvalue weighted by atomic mass is 35.5. The normalized spacial score (nSPS) is 22.3. The first-order valence-electron chi connectivity index (χ1n) is 5.72. The van der Waals surface area contributed by atoms with Crippen LogP contribution in [0.25, 0.3) is 0 Å². The van der Waals surface area contributed by atoms with Crippen molar-refractivity contribution in [1.29, 1.82) is 0 Å². The molecule has 2 rings (SSSR count). The van der Waals surface area contributed by atoms with Gasteiger partial charge in [-0.05, 0) is 33.4 Å². The van der Waals surface area contributed by atoms with Crippen LogP contribution >= 0.6 is 22.9 Å². The SMILES string of the molecule is Cc1nc(Cl)sc1S(=O)(=O)NC1CCCN(C)C1. The Labute approximate surface area is 116 Å². The zero-order valence-corrected chi connectivity index (χ0v) is 12.7. The molecule has 1 unspecified atom stereocenters. The van der Waals surface area contributed by atoms with E-state index in [1.807, 2.05) is 7.05 Å². The Balaban J connectivity index is 2.14. The molecule has 0 radical (unpaired) electrons. The number of rotatable bonds is 3. The van der Waals surface area contributed by atoms with Crippen LogP contribution in [0.15, 0.2) is 4.21 Å². The van der Waals surface area contributed by atoms with Gasteiger partial charge in [0.1, 0.15) is 0 Å². The fraction of sp³-hybridized carbons (Fsp3) is 0.700. The summed E-state index contributed by atoms with van der Waals surface area (Å²) < 4.78 is 27.7. The first-order valence-corrected chi connectivity index (χ1v) is 8.40. The minimum absolute atomic E-state index is 0.0333. The summed E-state index contributed by atoms with van der Waals surface area (Å²) in [6.07, 6.45) is 1.88. The van der Waals surface area contributed by atoms with Gasteiger partial charge in [-0.3, -0.25) is 0 Å². The number of hydrogen-bond donors (Lipinski definition) is 1. The number of sulfonamides is 1. The lowest BCUT2D eigenvalue weighted by Gasteiger charge is -2.29. The Bertz CT molecular complexity index is 529. The number of thiazole rings is 1. The second-order valence-electron chi connectivity index (χ2n) is 4.56. The smallest absolute Gasteiger partial charge is 0.252 e. The number of aromatic nitrogens is 1. The summed E-state index contributed by atoms with van der Waals surface area (Å²) in [4.78, 5) is 6.07. The van der Waals surface area contributed by atoms with Crippen LogP contribution < -0.4 is 4.72 Å². The third kappa shape index (κ3) is 3.21. The molecule has 1 fully saturated rings. The Morgan fingerprint density at radius 1 is 1.56 bits per heavy atom. The molecule has 1 atom stereocenters. The second-order valence-corrected chi connectivity index (χ2v) is 8.05. The summed E-state index contributed by atoms with van der Waals surface area (Å²) in [5.41, 5.74) is 0.460. The van der Waals surface area contributed by atoms with E-state index in [0.29, 0.717) is 5.69 Å². The molecule has 1 saturated heterocycles. The van der Waals surface area contributed by atoms with Crippen LogP contribution in [0.2, 0.25) is 4.47 Å². The van der Waals surface area contributed by atoms with Gasteiger partial charge in [-0.15, -0.1) is 0 Å². The molecular formula is C10H16ClN3O2S2. The van der Waals surface area contributed by atoms with E-state index < -0.39 is 10.0 Å². The fourth-order valence-electron chi connectivity index (χ4n) is 2.14. The van der Waals surface area contributed by atoms with Crippen molar-refractivity contribution in [2.45, 2.75) is 30.0 Å². The van der Waals surface area contributed by atoms with Gasteiger partial charge in [-0.25, -0.2) is 18.1 Å². The van der Waals surface area contributed by atoms with Crippen LogP contribution in [0.1, 0.15) is 18.5 Å². The van der Waals surface area contributed by atoms with Gasteiger partial charge in [0.2, 0.25) is 0 Å². The van der Waals surface area contributed by atoms with E-state index in [9.17, 15) is 8.42 Å². The molecule has 8 heteroatoms. The molecule has 1 N–H and O–H groups in total. The summed E-state index contributed by atoms with van der Waals surface area (Å²) in [5.74, 6) is 0. The van der Waals surface area contributed by atoms with Crippen LogP contribution in [0.5, 0.6) is 0 Å². The van der Waals surface area contributed by atoms with Gasteiger partial charge in [0, 0.05) is 12.6 Å². The molecule has 0 spiro atoms. The van der Waals surface area contributed by atoms with Gasteiger partial charge in [0.25, 0.3) is 10.0 Å². The van der Waals surface area contributed by atoms with Crippen LogP contribution in [0, 0.1) is 6.92 Å². The zero-order chi connectivity index (χ0) is 13.3. The molecule has 1 aliphatic heterocycles. The molecule has 1 aromatic rings. The number of likely N-dealkylation sites (N-methyl/N-ethyl adjacent to an activating group) is 1. The maximum Gasteiger partial charge on any atom is 0.252 e. The van der Waals surface area contributed by atoms with Crippen molar-refractivity contribution in [3.63, 3.8) is 0 Å². The number of halogens is 1. The molecule has 0 bridgehead atoms. The number of aryl methyl sites for hydroxylation is 1. The lowest BCUT2D eigenvalue weighted by molar-refractivity contribution is 0.242. The summed E-state index contributed by atoms with van der Waals surface area (Å²) in [7, 11) is -1.50. The Kier molecular flexibility index (Phi) is 4.28. The van der Waals surface area contributed by atoms with Gasteiger partial charge in [0.15, 0.2) is 8.68 Å². The van der Waals surface area contributed by atoms with Gasteiger partial charge < -0.3 is 4.90 Å². The largest absolute Gasteiger partial charge is 0.305 e. The summed E-state index contributed by atoms with van der Waals surface area (Å²) in [6, 6.07) is -0.0333. The van der Waals surface area contributed by atoms with Crippen molar-refractivity contribution < 1.29 is 8.42 Å². The van der Waals surface area contributed by atoms with Crippen molar-refractivity contribution >= 4 is 33.0 Å². The number of hydrogen-bond acceptors (Lipinski definition) is 5. The molecule has 102 valence electrons. The molecule has 2 heterocycles. The van der Waals surface area contributed by atoms with Crippen molar-refractivity contribution in [3.8, 4) is 0 Å². The molecule has 0 aromatic carbocycles. The van der Waals surface area contributed by atoms with Gasteiger partial charge in [0.05, 0.1) is 5.69 Å². The van der Waals surface area contributed by atoms with E-state index in [0.717, 1.165) is 37.3 Å². The zero-order valence-electron chi connectivity index (χ0n) is 10.3. The van der Waals surface area contributed by atoms with Gasteiger partial charge in [-0.1, -0.05) is 22.9 Å². The monoisotopic (exact) mass is 309 g/mol. The fourth-order valence-corrected chi connectivity index (χ4v) is 5.15. The van der Waals surface area contributed by atoms with E-state index in [1.54, 1.807) is 6.92 Å². The minimum atomic E-state index is -3.50. The predicted molar refractivity (Wildman–Crippen MR) is 72.7 cm³/mol. The lowest BCUT2D eigenvalue weighted by atomic mass is 10.1. The summed E-state index contributed by atoms with van der Waals surface area (Å²) >= 11 is 6.75. The maximum atomic E-state index is 12.2. The minimum Gasteiger partial charge on any atom is -0.305 e. The number of nitrogens with zero attached hydrogens (tertiary/aromatic N) is 2. The molecule has 18 heavy (non-hydrogen) atoms. The number of likely N-dealkylation sites (tertiary alicyclic amines) is 1. The van der Waals surface area contributed by atoms with E-state index in [2.05, 4.69) is 14.6 Å². The van der Waals surface area contributed by atoms with Crippen LogP contribution in [0.3, 0.4) is 0 Å². The first kappa shape index (κ1) is 14.2. The highest BCUT2D eigenvalue weighted by molar-refractivity contribution is 7.91. The quantitative estimate of drug-likeness (QED) is 0.918. The van der Waals surface area contributed by atoms with Crippen molar-refractivity contribution in [1.82, 2.24) is 14.6 Å². The molecule has 0 saturated carbocycles. The highest BCUT2D eigenvalue weighted by Gasteiger charge is 2.27. The van der Waals surface area contributed by atoms with E-state index in [4.69, 9.17) is 11.6 Å². The molecule has 1 aliphatic rings. The average molecular weight is 310 g/mol. The molecule has 1 aromatic heterocycles. The van der Waals surface area contributed by atoms with Crippen LogP contribution in [0.4, 0.5) is 0 Å². The van der Waals surface area contributed by atoms with Crippen LogP contribution in [-0.2, 0) is 10.0 Å². The summed E-state index contributed by atoms with van der Waals surface area (Å²) in [5, 5.41) is 0. The Morgan fingerprint density at radius 3 is 2.83 bits per heavy atom. The second kappa shape index (κ2) is 5.42. The maximum absolute atomic E-state index is 12.2. The summed E-state index contributed by atoms with van der Waals surface area (Å²) in [6.45, 7) is 3.42. The van der Waals surface area contributed by atoms with Crippen LogP contribution in [-0.4, -0.2) is 44.5 Å². The van der Waals surface area contributed by atoms with Crippen molar-refractivity contribution in [2.24, 2.45) is 0 Å². The van der Waals surface area contributed by atoms with E-state index in [1.165, 1.54) is 0 Å². The van der Waals surface area contributed by atoms with Gasteiger partial charge >= 0.3 is 0 Å². The number of piperidine rings is 1. The van der Waals surface area contributed by atoms with Crippen molar-refractivity contribution in [2.75, 3.05) is 20.1 Å². The standard InChI is InChI=1S/C10H16ClN3O2S2/c1-7-9(17-10(11)12-7)18(15,16)13-8-4-3-5-14(2)6-8/h8,13H,3-6H2,1-2H3. The predicted octanol–water partition coefficient (Wildman–Crippen LogP) is 1.48. The molecule has 0 amide bonds. The van der Waals surface area contributed by atoms with E-state index >= 15 is 0 Å². The third-order valence-corrected chi connectivity index (χ3v) is 6.31. The van der Waals surface area contributed by atoms with Gasteiger partial charge in [-0.2, -0.15) is 0 Å². The Morgan fingerprint density at radius 2 is 2.28 bits per heavy atom. The first-order chi connectivity index (χ1) is 8.38. The molecular weight excluding hydrogens is 294 g/mol. The Hall–Kier alpha value is -0.210. The third-order valence-electron chi connectivity index (χ3n) is 2.92. The molecule has 0 aliphatic carbocycles. The average Bonchev–Trinajstić information content (AvgIpc) is 2.58. The topological polar surface area (TPSA) is 62.3 Å². The van der Waals surface area contributed by atoms with Crippen molar-refractivity contribution in [3.05, 3.63) is 10.2 Å². The highest BCUT2D eigenvalue weighted by Crippen LogP contribution is 2.27. The van der Waals surface area contributed by atoms with E-state index in [-0.39, 0.29) is 14.7 Å². The molecule has 5 nitrogen and oxygen atoms in total. The number of nitrogens with one attached hydrogen (secondary N) is 1.